The largest absolute Gasteiger partial charge is 0.508 e. The Morgan fingerprint density at radius 2 is 1.19 bits per heavy atom. The van der Waals surface area contributed by atoms with Crippen LogP contribution in [0.4, 0.5) is 0 Å². The van der Waals surface area contributed by atoms with Crippen LogP contribution in [0.3, 0.4) is 0 Å². The molecule has 0 bridgehead atoms. The van der Waals surface area contributed by atoms with Crippen LogP contribution < -0.4 is 0 Å². The maximum Gasteiger partial charge on any atom is 0.338 e. The Balaban J connectivity index is 0.000000263. The smallest absolute Gasteiger partial charge is 0.338 e. The van der Waals surface area contributed by atoms with Gasteiger partial charge in [-0.2, -0.15) is 0 Å². The first kappa shape index (κ1) is 21.0. The number of unbranched alkanes of at least 4 members (excludes halogenated alkanes) is 1. The van der Waals surface area contributed by atoms with Gasteiger partial charge in [0.2, 0.25) is 0 Å². The number of ether oxygens (including phenoxy) is 2. The second-order valence-corrected chi connectivity index (χ2v) is 5.30. The van der Waals surface area contributed by atoms with Crippen LogP contribution in [0.5, 0.6) is 11.5 Å². The van der Waals surface area contributed by atoms with Crippen LogP contribution in [0.1, 0.15) is 47.4 Å². The second kappa shape index (κ2) is 11.5. The molecule has 0 radical (unpaired) electrons. The maximum absolute atomic E-state index is 11.3. The molecule has 0 fully saturated rings. The summed E-state index contributed by atoms with van der Waals surface area (Å²) in [6, 6.07) is 12.0. The molecule has 0 spiro atoms. The van der Waals surface area contributed by atoms with Gasteiger partial charge in [-0.25, -0.2) is 9.59 Å². The molecule has 140 valence electrons. The lowest BCUT2D eigenvalue weighted by atomic mass is 10.2. The van der Waals surface area contributed by atoms with Gasteiger partial charge in [-0.1, -0.05) is 13.3 Å². The summed E-state index contributed by atoms with van der Waals surface area (Å²) in [5.41, 5.74) is 0.925. The molecular weight excluding hydrogens is 336 g/mol. The summed E-state index contributed by atoms with van der Waals surface area (Å²) in [4.78, 5) is 22.4. The molecule has 0 heterocycles. The number of carbonyl (C=O) groups is 2. The van der Waals surface area contributed by atoms with Gasteiger partial charge in [0.25, 0.3) is 0 Å². The molecule has 0 aliphatic carbocycles. The van der Waals surface area contributed by atoms with E-state index in [0.717, 1.165) is 12.8 Å². The lowest BCUT2D eigenvalue weighted by Crippen LogP contribution is -2.05. The highest BCUT2D eigenvalue weighted by Gasteiger charge is 2.06. The van der Waals surface area contributed by atoms with E-state index in [0.29, 0.717) is 24.3 Å². The Bertz CT molecular complexity index is 676. The van der Waals surface area contributed by atoms with Crippen LogP contribution in [-0.4, -0.2) is 35.4 Å². The van der Waals surface area contributed by atoms with E-state index in [1.165, 1.54) is 36.4 Å². The summed E-state index contributed by atoms with van der Waals surface area (Å²) >= 11 is 0. The van der Waals surface area contributed by atoms with Crippen molar-refractivity contribution >= 4 is 11.9 Å². The molecule has 0 aliphatic rings. The third-order valence-corrected chi connectivity index (χ3v) is 3.21. The fraction of sp³-hybridized carbons (Fsp3) is 0.300. The Morgan fingerprint density at radius 3 is 1.58 bits per heavy atom. The fourth-order valence-corrected chi connectivity index (χ4v) is 1.80. The van der Waals surface area contributed by atoms with E-state index in [1.807, 2.05) is 6.92 Å². The van der Waals surface area contributed by atoms with Gasteiger partial charge in [-0.05, 0) is 61.9 Å². The molecule has 0 amide bonds. The van der Waals surface area contributed by atoms with Crippen molar-refractivity contribution in [1.29, 1.82) is 0 Å². The highest BCUT2D eigenvalue weighted by atomic mass is 16.5. The van der Waals surface area contributed by atoms with E-state index in [4.69, 9.17) is 19.7 Å². The predicted octanol–water partition coefficient (Wildman–Crippen LogP) is 3.92. The minimum absolute atomic E-state index is 0.142. The molecule has 0 aliphatic heterocycles. The van der Waals surface area contributed by atoms with Gasteiger partial charge in [-0.3, -0.25) is 0 Å². The number of hydrogen-bond donors (Lipinski definition) is 2. The first-order valence-corrected chi connectivity index (χ1v) is 8.40. The highest BCUT2D eigenvalue weighted by Crippen LogP contribution is 2.11. The number of esters is 2. The molecule has 26 heavy (non-hydrogen) atoms. The van der Waals surface area contributed by atoms with Crippen LogP contribution in [-0.2, 0) is 9.47 Å². The Kier molecular flexibility index (Phi) is 9.31. The van der Waals surface area contributed by atoms with Crippen molar-refractivity contribution in [3.8, 4) is 11.5 Å². The Morgan fingerprint density at radius 1 is 0.769 bits per heavy atom. The fourth-order valence-electron chi connectivity index (χ4n) is 1.80. The normalized spacial score (nSPS) is 9.62. The molecule has 6 nitrogen and oxygen atoms in total. The number of carbonyl (C=O) groups excluding carboxylic acids is 2. The SMILES string of the molecule is CCCCOC(=O)c1ccc(O)cc1.CCOC(=O)c1ccc(O)cc1. The lowest BCUT2D eigenvalue weighted by molar-refractivity contribution is 0.0496. The highest BCUT2D eigenvalue weighted by molar-refractivity contribution is 5.89. The number of rotatable bonds is 6. The third-order valence-electron chi connectivity index (χ3n) is 3.21. The maximum atomic E-state index is 11.3. The Labute approximate surface area is 153 Å². The third kappa shape index (κ3) is 7.70. The molecule has 2 aromatic carbocycles. The van der Waals surface area contributed by atoms with Crippen LogP contribution in [0.25, 0.3) is 0 Å². The molecule has 0 saturated heterocycles. The summed E-state index contributed by atoms with van der Waals surface area (Å²) in [6.45, 7) is 4.60. The molecule has 2 aromatic rings. The molecule has 6 heteroatoms. The zero-order valence-electron chi connectivity index (χ0n) is 15.0. The van der Waals surface area contributed by atoms with E-state index < -0.39 is 0 Å². The minimum Gasteiger partial charge on any atom is -0.508 e. The number of phenolic OH excluding ortho intramolecular Hbond substituents is 2. The predicted molar refractivity (Wildman–Crippen MR) is 97.4 cm³/mol. The summed E-state index contributed by atoms with van der Waals surface area (Å²) < 4.78 is 9.73. The number of benzene rings is 2. The van der Waals surface area contributed by atoms with E-state index in [-0.39, 0.29) is 23.4 Å². The first-order valence-electron chi connectivity index (χ1n) is 8.40. The molecule has 0 atom stereocenters. The molecule has 0 unspecified atom stereocenters. The zero-order valence-corrected chi connectivity index (χ0v) is 15.0. The van der Waals surface area contributed by atoms with Crippen LogP contribution in [0.15, 0.2) is 48.5 Å². The molecule has 2 rings (SSSR count). The topological polar surface area (TPSA) is 93.1 Å². The average molecular weight is 360 g/mol. The van der Waals surface area contributed by atoms with E-state index >= 15 is 0 Å². The van der Waals surface area contributed by atoms with E-state index in [9.17, 15) is 9.59 Å². The van der Waals surface area contributed by atoms with E-state index in [2.05, 4.69) is 0 Å². The van der Waals surface area contributed by atoms with Gasteiger partial charge in [0.05, 0.1) is 24.3 Å². The van der Waals surface area contributed by atoms with Crippen molar-refractivity contribution in [2.75, 3.05) is 13.2 Å². The summed E-state index contributed by atoms with van der Waals surface area (Å²) in [5, 5.41) is 17.9. The number of phenols is 2. The van der Waals surface area contributed by atoms with Gasteiger partial charge in [0.15, 0.2) is 0 Å². The van der Waals surface area contributed by atoms with Gasteiger partial charge in [0.1, 0.15) is 11.5 Å². The van der Waals surface area contributed by atoms with Crippen molar-refractivity contribution in [2.45, 2.75) is 26.7 Å². The second-order valence-electron chi connectivity index (χ2n) is 5.30. The summed E-state index contributed by atoms with van der Waals surface area (Å²) in [6.07, 6.45) is 1.88. The Hall–Kier alpha value is -3.02. The molecule has 0 saturated carbocycles. The minimum atomic E-state index is -0.363. The van der Waals surface area contributed by atoms with Gasteiger partial charge in [0, 0.05) is 0 Å². The van der Waals surface area contributed by atoms with Crippen molar-refractivity contribution in [2.24, 2.45) is 0 Å². The van der Waals surface area contributed by atoms with Crippen molar-refractivity contribution in [3.63, 3.8) is 0 Å². The van der Waals surface area contributed by atoms with Crippen molar-refractivity contribution < 1.29 is 29.3 Å². The van der Waals surface area contributed by atoms with E-state index in [1.54, 1.807) is 19.1 Å². The van der Waals surface area contributed by atoms with Gasteiger partial charge < -0.3 is 19.7 Å². The van der Waals surface area contributed by atoms with Crippen LogP contribution in [0.2, 0.25) is 0 Å². The number of hydrogen-bond acceptors (Lipinski definition) is 6. The summed E-state index contributed by atoms with van der Waals surface area (Å²) in [5.74, 6) is -0.408. The standard InChI is InChI=1S/C11H14O3.C9H10O3/c1-2-3-8-14-11(13)9-4-6-10(12)7-5-9;1-2-12-9(11)7-3-5-8(10)6-4-7/h4-7,12H,2-3,8H2,1H3;3-6,10H,2H2,1H3. The van der Waals surface area contributed by atoms with Gasteiger partial charge >= 0.3 is 11.9 Å². The number of aromatic hydroxyl groups is 2. The monoisotopic (exact) mass is 360 g/mol. The molecule has 0 aromatic heterocycles. The molecule has 2 N–H and O–H groups in total. The molecular formula is C20H24O6. The van der Waals surface area contributed by atoms with Crippen molar-refractivity contribution in [3.05, 3.63) is 59.7 Å². The summed E-state index contributed by atoms with van der Waals surface area (Å²) in [7, 11) is 0. The van der Waals surface area contributed by atoms with Crippen molar-refractivity contribution in [1.82, 2.24) is 0 Å². The average Bonchev–Trinajstić information content (AvgIpc) is 2.64. The van der Waals surface area contributed by atoms with Crippen LogP contribution in [0, 0.1) is 0 Å². The first-order chi connectivity index (χ1) is 12.5. The van der Waals surface area contributed by atoms with Gasteiger partial charge in [-0.15, -0.1) is 0 Å². The lowest BCUT2D eigenvalue weighted by Gasteiger charge is -2.03. The quantitative estimate of drug-likeness (QED) is 0.599. The zero-order chi connectivity index (χ0) is 19.4. The van der Waals surface area contributed by atoms with Crippen LogP contribution >= 0.6 is 0 Å².